The molecule has 0 aliphatic heterocycles. The van der Waals surface area contributed by atoms with E-state index < -0.39 is 0 Å². The molecule has 26 heavy (non-hydrogen) atoms. The molecule has 0 bridgehead atoms. The van der Waals surface area contributed by atoms with Gasteiger partial charge in [-0.05, 0) is 32.0 Å². The van der Waals surface area contributed by atoms with Crippen LogP contribution in [0.15, 0.2) is 47.5 Å². The van der Waals surface area contributed by atoms with Crippen molar-refractivity contribution in [2.45, 2.75) is 20.4 Å². The van der Waals surface area contributed by atoms with Crippen LogP contribution in [-0.2, 0) is 6.54 Å². The van der Waals surface area contributed by atoms with Crippen LogP contribution in [0.1, 0.15) is 19.4 Å². The van der Waals surface area contributed by atoms with E-state index in [0.717, 1.165) is 23.5 Å². The predicted molar refractivity (Wildman–Crippen MR) is 106 cm³/mol. The molecule has 0 amide bonds. The van der Waals surface area contributed by atoms with Gasteiger partial charge >= 0.3 is 0 Å². The molecule has 6 heteroatoms. The van der Waals surface area contributed by atoms with Crippen molar-refractivity contribution in [2.75, 3.05) is 32.7 Å². The van der Waals surface area contributed by atoms with Gasteiger partial charge < -0.3 is 24.8 Å². The lowest BCUT2D eigenvalue weighted by Gasteiger charge is -2.15. The first-order valence-electron chi connectivity index (χ1n) is 8.69. The van der Waals surface area contributed by atoms with E-state index in [-0.39, 0.29) is 0 Å². The fourth-order valence-electron chi connectivity index (χ4n) is 2.46. The third-order valence-electron chi connectivity index (χ3n) is 3.67. The number of para-hydroxylation sites is 1. The summed E-state index contributed by atoms with van der Waals surface area (Å²) in [5.74, 6) is 2.91. The molecule has 0 fully saturated rings. The van der Waals surface area contributed by atoms with Crippen LogP contribution < -0.4 is 24.8 Å². The van der Waals surface area contributed by atoms with E-state index in [4.69, 9.17) is 14.2 Å². The Morgan fingerprint density at radius 2 is 1.73 bits per heavy atom. The Balaban J connectivity index is 2.18. The predicted octanol–water partition coefficient (Wildman–Crippen LogP) is 3.68. The lowest BCUT2D eigenvalue weighted by molar-refractivity contribution is 0.311. The smallest absolute Gasteiger partial charge is 0.196 e. The van der Waals surface area contributed by atoms with Crippen LogP contribution in [0.3, 0.4) is 0 Å². The summed E-state index contributed by atoms with van der Waals surface area (Å²) >= 11 is 0. The molecule has 0 atom stereocenters. The Morgan fingerprint density at radius 1 is 0.962 bits per heavy atom. The molecular weight excluding hydrogens is 330 g/mol. The average Bonchev–Trinajstić information content (AvgIpc) is 2.67. The topological polar surface area (TPSA) is 64.1 Å². The first-order valence-corrected chi connectivity index (χ1v) is 8.69. The summed E-state index contributed by atoms with van der Waals surface area (Å²) in [5, 5.41) is 6.55. The van der Waals surface area contributed by atoms with Crippen LogP contribution in [0.2, 0.25) is 0 Å². The maximum Gasteiger partial charge on any atom is 0.196 e. The van der Waals surface area contributed by atoms with E-state index in [2.05, 4.69) is 15.6 Å². The van der Waals surface area contributed by atoms with Gasteiger partial charge in [-0.3, -0.25) is 0 Å². The summed E-state index contributed by atoms with van der Waals surface area (Å²) < 4.78 is 16.3. The molecule has 0 aliphatic carbocycles. The number of rotatable bonds is 8. The van der Waals surface area contributed by atoms with Crippen molar-refractivity contribution in [3.63, 3.8) is 0 Å². The molecule has 2 N–H and O–H groups in total. The van der Waals surface area contributed by atoms with Crippen molar-refractivity contribution in [3.8, 4) is 17.2 Å². The second-order valence-corrected chi connectivity index (χ2v) is 5.43. The second-order valence-electron chi connectivity index (χ2n) is 5.43. The minimum Gasteiger partial charge on any atom is -0.496 e. The van der Waals surface area contributed by atoms with Gasteiger partial charge in [0.2, 0.25) is 0 Å². The Morgan fingerprint density at radius 3 is 2.42 bits per heavy atom. The summed E-state index contributed by atoms with van der Waals surface area (Å²) in [5.41, 5.74) is 1.89. The van der Waals surface area contributed by atoms with E-state index in [1.54, 1.807) is 14.2 Å². The fourth-order valence-corrected chi connectivity index (χ4v) is 2.46. The molecule has 0 aromatic heterocycles. The molecular formula is C20H27N3O3. The Hall–Kier alpha value is -2.89. The number of methoxy groups -OCH3 is 2. The highest BCUT2D eigenvalue weighted by Crippen LogP contribution is 2.30. The standard InChI is InChI=1S/C20H27N3O3/c1-5-21-20(22-14-15-9-7-8-10-17(15)24-3)23-16-11-12-18(25-4)19(13-16)26-6-2/h7-13H,5-6,14H2,1-4H3,(H2,21,22,23). The number of nitrogens with one attached hydrogen (secondary N) is 2. The third-order valence-corrected chi connectivity index (χ3v) is 3.67. The van der Waals surface area contributed by atoms with E-state index in [0.29, 0.717) is 30.6 Å². The van der Waals surface area contributed by atoms with Crippen LogP contribution in [-0.4, -0.2) is 33.3 Å². The number of hydrogen-bond acceptors (Lipinski definition) is 4. The molecule has 0 heterocycles. The maximum absolute atomic E-state index is 5.63. The number of nitrogens with zero attached hydrogens (tertiary/aromatic N) is 1. The zero-order chi connectivity index (χ0) is 18.8. The number of aliphatic imine (C=N–C) groups is 1. The van der Waals surface area contributed by atoms with Gasteiger partial charge in [-0.25, -0.2) is 4.99 Å². The second kappa shape index (κ2) is 10.2. The van der Waals surface area contributed by atoms with Gasteiger partial charge in [0.1, 0.15) is 5.75 Å². The van der Waals surface area contributed by atoms with Crippen molar-refractivity contribution in [2.24, 2.45) is 4.99 Å². The van der Waals surface area contributed by atoms with Crippen molar-refractivity contribution in [1.29, 1.82) is 0 Å². The summed E-state index contributed by atoms with van der Waals surface area (Å²) in [6.45, 7) is 5.81. The van der Waals surface area contributed by atoms with Crippen molar-refractivity contribution in [3.05, 3.63) is 48.0 Å². The molecule has 2 aromatic rings. The molecule has 6 nitrogen and oxygen atoms in total. The van der Waals surface area contributed by atoms with Crippen LogP contribution in [0, 0.1) is 0 Å². The van der Waals surface area contributed by atoms with Crippen LogP contribution in [0.5, 0.6) is 17.2 Å². The minimum absolute atomic E-state index is 0.508. The average molecular weight is 357 g/mol. The lowest BCUT2D eigenvalue weighted by Crippen LogP contribution is -2.30. The Kier molecular flexibility index (Phi) is 7.61. The molecule has 140 valence electrons. The fraction of sp³-hybridized carbons (Fsp3) is 0.350. The summed E-state index contributed by atoms with van der Waals surface area (Å²) in [6.07, 6.45) is 0. The van der Waals surface area contributed by atoms with E-state index in [1.807, 2.05) is 56.3 Å². The highest BCUT2D eigenvalue weighted by Gasteiger charge is 2.07. The van der Waals surface area contributed by atoms with Crippen molar-refractivity contribution < 1.29 is 14.2 Å². The molecule has 0 unspecified atom stereocenters. The van der Waals surface area contributed by atoms with Crippen LogP contribution in [0.4, 0.5) is 5.69 Å². The molecule has 0 aliphatic rings. The first kappa shape index (κ1) is 19.4. The van der Waals surface area contributed by atoms with Crippen LogP contribution in [0.25, 0.3) is 0 Å². The normalized spacial score (nSPS) is 11.0. The van der Waals surface area contributed by atoms with E-state index in [9.17, 15) is 0 Å². The zero-order valence-corrected chi connectivity index (χ0v) is 15.8. The molecule has 2 aromatic carbocycles. The summed E-state index contributed by atoms with van der Waals surface area (Å²) in [4.78, 5) is 4.65. The minimum atomic E-state index is 0.508. The quantitative estimate of drug-likeness (QED) is 0.557. The van der Waals surface area contributed by atoms with Gasteiger partial charge in [0.05, 0.1) is 27.4 Å². The van der Waals surface area contributed by atoms with Crippen molar-refractivity contribution >= 4 is 11.6 Å². The first-order chi connectivity index (χ1) is 12.7. The molecule has 0 spiro atoms. The number of anilines is 1. The van der Waals surface area contributed by atoms with Gasteiger partial charge in [0.15, 0.2) is 17.5 Å². The number of guanidine groups is 1. The monoisotopic (exact) mass is 357 g/mol. The number of hydrogen-bond donors (Lipinski definition) is 2. The Bertz CT molecular complexity index is 732. The van der Waals surface area contributed by atoms with Gasteiger partial charge in [-0.15, -0.1) is 0 Å². The highest BCUT2D eigenvalue weighted by atomic mass is 16.5. The maximum atomic E-state index is 5.63. The van der Waals surface area contributed by atoms with Gasteiger partial charge in [-0.2, -0.15) is 0 Å². The largest absolute Gasteiger partial charge is 0.496 e. The highest BCUT2D eigenvalue weighted by molar-refractivity contribution is 5.93. The summed E-state index contributed by atoms with van der Waals surface area (Å²) in [7, 11) is 3.29. The Labute approximate surface area is 155 Å². The van der Waals surface area contributed by atoms with E-state index >= 15 is 0 Å². The van der Waals surface area contributed by atoms with E-state index in [1.165, 1.54) is 0 Å². The summed E-state index contributed by atoms with van der Waals surface area (Å²) in [6, 6.07) is 13.6. The van der Waals surface area contributed by atoms with Gasteiger partial charge in [0.25, 0.3) is 0 Å². The molecule has 0 saturated carbocycles. The molecule has 0 radical (unpaired) electrons. The molecule has 0 saturated heterocycles. The third kappa shape index (κ3) is 5.31. The van der Waals surface area contributed by atoms with Gasteiger partial charge in [-0.1, -0.05) is 18.2 Å². The number of ether oxygens (including phenoxy) is 3. The SMILES string of the molecule is CCNC(=NCc1ccccc1OC)Nc1ccc(OC)c(OCC)c1. The number of benzene rings is 2. The molecule has 2 rings (SSSR count). The lowest BCUT2D eigenvalue weighted by atomic mass is 10.2. The van der Waals surface area contributed by atoms with Gasteiger partial charge in [0, 0.05) is 23.9 Å². The van der Waals surface area contributed by atoms with Crippen molar-refractivity contribution in [1.82, 2.24) is 5.32 Å². The zero-order valence-electron chi connectivity index (χ0n) is 15.8. The van der Waals surface area contributed by atoms with Crippen LogP contribution >= 0.6 is 0 Å².